The maximum absolute atomic E-state index is 10.7. The molecule has 13 heavy (non-hydrogen) atoms. The molecule has 0 unspecified atom stereocenters. The van der Waals surface area contributed by atoms with Crippen LogP contribution in [0.4, 0.5) is 0 Å². The molecule has 0 radical (unpaired) electrons. The molecular formula is C12H12O. The normalized spacial score (nSPS) is 10.2. The molecule has 66 valence electrons. The molecule has 0 atom stereocenters. The van der Waals surface area contributed by atoms with Crippen molar-refractivity contribution in [2.45, 2.75) is 6.92 Å². The van der Waals surface area contributed by atoms with Crippen LogP contribution >= 0.6 is 0 Å². The molecule has 0 aliphatic heterocycles. The van der Waals surface area contributed by atoms with Crippen LogP contribution in [0.1, 0.15) is 12.5 Å². The van der Waals surface area contributed by atoms with E-state index in [9.17, 15) is 4.79 Å². The van der Waals surface area contributed by atoms with Crippen molar-refractivity contribution in [2.75, 3.05) is 0 Å². The first-order chi connectivity index (χ1) is 6.20. The predicted molar refractivity (Wildman–Crippen MR) is 55.3 cm³/mol. The number of rotatable bonds is 3. The molecule has 0 saturated heterocycles. The van der Waals surface area contributed by atoms with Crippen LogP contribution in [-0.2, 0) is 4.79 Å². The molecular weight excluding hydrogens is 160 g/mol. The molecule has 1 nitrogen and oxygen atoms in total. The van der Waals surface area contributed by atoms with Crippen molar-refractivity contribution < 1.29 is 4.79 Å². The maximum Gasteiger partial charge on any atom is 0.152 e. The summed E-state index contributed by atoms with van der Waals surface area (Å²) in [5, 5.41) is 0. The zero-order valence-corrected chi connectivity index (χ0v) is 7.66. The first-order valence-corrected chi connectivity index (χ1v) is 4.13. The van der Waals surface area contributed by atoms with E-state index in [0.29, 0.717) is 0 Å². The van der Waals surface area contributed by atoms with Crippen LogP contribution in [0.2, 0.25) is 0 Å². The molecule has 0 fully saturated rings. The smallest absolute Gasteiger partial charge is 0.152 e. The quantitative estimate of drug-likeness (QED) is 0.506. The molecule has 0 N–H and O–H groups in total. The van der Waals surface area contributed by atoms with Gasteiger partial charge in [0.05, 0.1) is 0 Å². The van der Waals surface area contributed by atoms with Crippen molar-refractivity contribution in [1.82, 2.24) is 0 Å². The van der Waals surface area contributed by atoms with E-state index in [1.54, 1.807) is 6.08 Å². The van der Waals surface area contributed by atoms with Crippen molar-refractivity contribution in [3.05, 3.63) is 54.6 Å². The van der Waals surface area contributed by atoms with Crippen molar-refractivity contribution in [3.8, 4) is 0 Å². The van der Waals surface area contributed by atoms with E-state index >= 15 is 0 Å². The molecule has 0 aliphatic carbocycles. The van der Waals surface area contributed by atoms with E-state index < -0.39 is 0 Å². The Labute approximate surface area is 78.4 Å². The molecule has 0 heterocycles. The average Bonchev–Trinajstić information content (AvgIpc) is 2.15. The fourth-order valence-electron chi connectivity index (χ4n) is 0.966. The Morgan fingerprint density at radius 1 is 1.23 bits per heavy atom. The van der Waals surface area contributed by atoms with Gasteiger partial charge < -0.3 is 0 Å². The summed E-state index contributed by atoms with van der Waals surface area (Å²) in [7, 11) is 0. The van der Waals surface area contributed by atoms with Crippen molar-refractivity contribution in [3.63, 3.8) is 0 Å². The Balaban J connectivity index is 2.76. The van der Waals surface area contributed by atoms with Gasteiger partial charge in [0, 0.05) is 0 Å². The van der Waals surface area contributed by atoms with Gasteiger partial charge in [-0.1, -0.05) is 43.0 Å². The molecule has 0 bridgehead atoms. The van der Waals surface area contributed by atoms with Crippen molar-refractivity contribution in [2.24, 2.45) is 0 Å². The Morgan fingerprint density at radius 2 is 1.85 bits per heavy atom. The first kappa shape index (κ1) is 9.46. The second-order valence-corrected chi connectivity index (χ2v) is 2.84. The number of hydrogen-bond acceptors (Lipinski definition) is 1. The second kappa shape index (κ2) is 4.41. The zero-order valence-electron chi connectivity index (χ0n) is 7.66. The SMILES string of the molecule is C=C(C=CC(C)=O)c1ccccc1. The topological polar surface area (TPSA) is 17.1 Å². The summed E-state index contributed by atoms with van der Waals surface area (Å²) in [6, 6.07) is 9.77. The van der Waals surface area contributed by atoms with E-state index in [4.69, 9.17) is 0 Å². The van der Waals surface area contributed by atoms with Crippen LogP contribution in [0.3, 0.4) is 0 Å². The van der Waals surface area contributed by atoms with E-state index in [2.05, 4.69) is 6.58 Å². The Hall–Kier alpha value is -1.63. The number of benzene rings is 1. The number of allylic oxidation sites excluding steroid dienone is 3. The molecule has 0 aliphatic rings. The molecule has 1 rings (SSSR count). The van der Waals surface area contributed by atoms with Crippen LogP contribution in [-0.4, -0.2) is 5.78 Å². The summed E-state index contributed by atoms with van der Waals surface area (Å²) in [6.07, 6.45) is 3.26. The molecule has 0 spiro atoms. The Morgan fingerprint density at radius 3 is 2.38 bits per heavy atom. The standard InChI is InChI=1S/C12H12O/c1-10(8-9-11(2)13)12-6-4-3-5-7-12/h3-9H,1H2,2H3. The van der Waals surface area contributed by atoms with Gasteiger partial charge in [-0.15, -0.1) is 0 Å². The minimum absolute atomic E-state index is 0.0390. The number of ketones is 1. The van der Waals surface area contributed by atoms with E-state index in [-0.39, 0.29) is 5.78 Å². The van der Waals surface area contributed by atoms with Gasteiger partial charge in [0.1, 0.15) is 0 Å². The third-order valence-corrected chi connectivity index (χ3v) is 1.66. The summed E-state index contributed by atoms with van der Waals surface area (Å²) in [4.78, 5) is 10.7. The largest absolute Gasteiger partial charge is 0.295 e. The minimum Gasteiger partial charge on any atom is -0.295 e. The first-order valence-electron chi connectivity index (χ1n) is 4.13. The van der Waals surface area contributed by atoms with Gasteiger partial charge in [-0.05, 0) is 24.1 Å². The maximum atomic E-state index is 10.7. The summed E-state index contributed by atoms with van der Waals surface area (Å²) in [6.45, 7) is 5.38. The molecule has 1 aromatic rings. The van der Waals surface area contributed by atoms with Crippen LogP contribution in [0.15, 0.2) is 49.1 Å². The molecule has 0 amide bonds. The van der Waals surface area contributed by atoms with Crippen LogP contribution < -0.4 is 0 Å². The van der Waals surface area contributed by atoms with Gasteiger partial charge >= 0.3 is 0 Å². The summed E-state index contributed by atoms with van der Waals surface area (Å²) < 4.78 is 0. The third kappa shape index (κ3) is 3.08. The lowest BCUT2D eigenvalue weighted by Crippen LogP contribution is -1.82. The highest BCUT2D eigenvalue weighted by atomic mass is 16.1. The number of hydrogen-bond donors (Lipinski definition) is 0. The highest BCUT2D eigenvalue weighted by molar-refractivity contribution is 5.90. The van der Waals surface area contributed by atoms with Gasteiger partial charge in [-0.2, -0.15) is 0 Å². The summed E-state index contributed by atoms with van der Waals surface area (Å²) in [5.41, 5.74) is 1.90. The molecule has 0 saturated carbocycles. The lowest BCUT2D eigenvalue weighted by atomic mass is 10.1. The Bertz CT molecular complexity index is 333. The Kier molecular flexibility index (Phi) is 3.21. The fourth-order valence-corrected chi connectivity index (χ4v) is 0.966. The van der Waals surface area contributed by atoms with E-state index in [1.165, 1.54) is 13.0 Å². The van der Waals surface area contributed by atoms with Gasteiger partial charge in [0.25, 0.3) is 0 Å². The van der Waals surface area contributed by atoms with E-state index in [1.807, 2.05) is 30.3 Å². The number of carbonyl (C=O) groups is 1. The number of carbonyl (C=O) groups excluding carboxylic acids is 1. The van der Waals surface area contributed by atoms with Crippen molar-refractivity contribution >= 4 is 11.4 Å². The monoisotopic (exact) mass is 172 g/mol. The van der Waals surface area contributed by atoms with E-state index in [0.717, 1.165) is 11.1 Å². The summed E-state index contributed by atoms with van der Waals surface area (Å²) >= 11 is 0. The second-order valence-electron chi connectivity index (χ2n) is 2.84. The predicted octanol–water partition coefficient (Wildman–Crippen LogP) is 2.85. The lowest BCUT2D eigenvalue weighted by Gasteiger charge is -1.97. The van der Waals surface area contributed by atoms with Gasteiger partial charge in [0.15, 0.2) is 5.78 Å². The van der Waals surface area contributed by atoms with Gasteiger partial charge in [-0.3, -0.25) is 4.79 Å². The van der Waals surface area contributed by atoms with Gasteiger partial charge in [0.2, 0.25) is 0 Å². The lowest BCUT2D eigenvalue weighted by molar-refractivity contribution is -0.112. The minimum atomic E-state index is 0.0390. The molecule has 1 heteroatoms. The highest BCUT2D eigenvalue weighted by Gasteiger charge is 1.92. The molecule has 1 aromatic carbocycles. The van der Waals surface area contributed by atoms with Crippen LogP contribution in [0.5, 0.6) is 0 Å². The average molecular weight is 172 g/mol. The summed E-state index contributed by atoms with van der Waals surface area (Å²) in [5.74, 6) is 0.0390. The van der Waals surface area contributed by atoms with Crippen LogP contribution in [0.25, 0.3) is 5.57 Å². The zero-order chi connectivity index (χ0) is 9.68. The van der Waals surface area contributed by atoms with Crippen molar-refractivity contribution in [1.29, 1.82) is 0 Å². The van der Waals surface area contributed by atoms with Crippen LogP contribution in [0, 0.1) is 0 Å². The van der Waals surface area contributed by atoms with Gasteiger partial charge in [-0.25, -0.2) is 0 Å². The molecule has 0 aromatic heterocycles. The highest BCUT2D eigenvalue weighted by Crippen LogP contribution is 2.12. The third-order valence-electron chi connectivity index (χ3n) is 1.66. The fraction of sp³-hybridized carbons (Fsp3) is 0.0833.